The fourth-order valence-corrected chi connectivity index (χ4v) is 4.84. The molecule has 5 N–H and O–H groups in total. The van der Waals surface area contributed by atoms with E-state index in [1.807, 2.05) is 18.2 Å². The van der Waals surface area contributed by atoms with Crippen LogP contribution in [0.5, 0.6) is 0 Å². The number of rotatable bonds is 9. The van der Waals surface area contributed by atoms with E-state index in [0.717, 1.165) is 56.4 Å². The molecule has 0 aliphatic carbocycles. The van der Waals surface area contributed by atoms with E-state index in [1.54, 1.807) is 37.3 Å². The van der Waals surface area contributed by atoms with Crippen LogP contribution < -0.4 is 21.3 Å². The van der Waals surface area contributed by atoms with Crippen LogP contribution >= 0.6 is 11.5 Å². The van der Waals surface area contributed by atoms with Gasteiger partial charge in [0.15, 0.2) is 0 Å². The zero-order valence-electron chi connectivity index (χ0n) is 21.0. The topological polar surface area (TPSA) is 145 Å². The van der Waals surface area contributed by atoms with Crippen molar-refractivity contribution in [3.8, 4) is 11.3 Å². The second-order valence-electron chi connectivity index (χ2n) is 8.70. The van der Waals surface area contributed by atoms with Crippen molar-refractivity contribution >= 4 is 45.9 Å². The number of carboxylic acids is 1. The monoisotopic (exact) mass is 538 g/mol. The van der Waals surface area contributed by atoms with Gasteiger partial charge in [-0.15, -0.1) is 0 Å². The number of hydrogen-bond donors (Lipinski definition) is 5. The van der Waals surface area contributed by atoms with Gasteiger partial charge in [0.05, 0.1) is 13.2 Å². The predicted molar refractivity (Wildman–Crippen MR) is 147 cm³/mol. The van der Waals surface area contributed by atoms with E-state index in [0.29, 0.717) is 23.5 Å². The van der Waals surface area contributed by atoms with Gasteiger partial charge in [-0.25, -0.2) is 14.4 Å². The highest BCUT2D eigenvalue weighted by Gasteiger charge is 2.24. The van der Waals surface area contributed by atoms with E-state index in [4.69, 9.17) is 4.74 Å². The fourth-order valence-electron chi connectivity index (χ4n) is 4.06. The van der Waals surface area contributed by atoms with Crippen LogP contribution in [0.2, 0.25) is 0 Å². The number of nitrogens with zero attached hydrogens (tertiary/aromatic N) is 2. The van der Waals surface area contributed by atoms with Crippen molar-refractivity contribution in [3.63, 3.8) is 0 Å². The third-order valence-corrected chi connectivity index (χ3v) is 6.71. The first kappa shape index (κ1) is 27.0. The zero-order valence-corrected chi connectivity index (χ0v) is 21.8. The lowest BCUT2D eigenvalue weighted by atomic mass is 10.0. The fraction of sp³-hybridized carbons (Fsp3) is 0.308. The van der Waals surface area contributed by atoms with Crippen molar-refractivity contribution in [2.45, 2.75) is 13.3 Å². The van der Waals surface area contributed by atoms with Crippen LogP contribution in [-0.2, 0) is 4.74 Å². The molecule has 3 aromatic rings. The van der Waals surface area contributed by atoms with Crippen LogP contribution in [0.25, 0.3) is 11.3 Å². The summed E-state index contributed by atoms with van der Waals surface area (Å²) in [5.41, 5.74) is 2.68. The average molecular weight is 539 g/mol. The minimum Gasteiger partial charge on any atom is -0.478 e. The number of aromatic nitrogens is 1. The standard InChI is InChI=1S/C26H30N6O5S/c1-17-16-19(29-26(36)28-18-6-3-2-4-7-18)8-9-20(17)22-21(24(33)34)23(38-31-22)30-25(35)27-10-5-11-32-12-14-37-15-13-32/h2-4,6-9,16H,5,10-15H2,1H3,(H,33,34)(H2,27,30,35)(H2,28,29,36). The van der Waals surface area contributed by atoms with E-state index >= 15 is 0 Å². The lowest BCUT2D eigenvalue weighted by Crippen LogP contribution is -2.38. The molecular weight excluding hydrogens is 508 g/mol. The van der Waals surface area contributed by atoms with E-state index in [9.17, 15) is 19.5 Å². The van der Waals surface area contributed by atoms with Crippen LogP contribution in [0.4, 0.5) is 26.0 Å². The first-order valence-corrected chi connectivity index (χ1v) is 13.0. The number of carbonyl (C=O) groups is 3. The SMILES string of the molecule is Cc1cc(NC(=O)Nc2ccccc2)ccc1-c1nsc(NC(=O)NCCCN2CCOCC2)c1C(=O)O. The summed E-state index contributed by atoms with van der Waals surface area (Å²) < 4.78 is 9.66. The summed E-state index contributed by atoms with van der Waals surface area (Å²) in [6.07, 6.45) is 0.774. The molecule has 2 aromatic carbocycles. The molecule has 4 rings (SSSR count). The molecule has 0 unspecified atom stereocenters. The Balaban J connectivity index is 1.37. The lowest BCUT2D eigenvalue weighted by molar-refractivity contribution is 0.0375. The summed E-state index contributed by atoms with van der Waals surface area (Å²) in [5.74, 6) is -1.19. The highest BCUT2D eigenvalue weighted by atomic mass is 32.1. The quantitative estimate of drug-likeness (QED) is 0.255. The number of ether oxygens (including phenoxy) is 1. The second-order valence-corrected chi connectivity index (χ2v) is 9.48. The number of aryl methyl sites for hydroxylation is 1. The smallest absolute Gasteiger partial charge is 0.341 e. The summed E-state index contributed by atoms with van der Waals surface area (Å²) >= 11 is 0.910. The van der Waals surface area contributed by atoms with E-state index in [-0.39, 0.29) is 16.3 Å². The maximum atomic E-state index is 12.4. The number of amides is 4. The van der Waals surface area contributed by atoms with Gasteiger partial charge in [-0.1, -0.05) is 24.3 Å². The number of carboxylic acid groups (broad SMARTS) is 1. The number of nitrogens with one attached hydrogen (secondary N) is 4. The first-order chi connectivity index (χ1) is 18.4. The molecule has 0 spiro atoms. The third kappa shape index (κ3) is 7.28. The van der Waals surface area contributed by atoms with Crippen LogP contribution in [-0.4, -0.2) is 71.8 Å². The number of benzene rings is 2. The normalized spacial score (nSPS) is 13.5. The van der Waals surface area contributed by atoms with E-state index in [2.05, 4.69) is 30.5 Å². The molecule has 4 amide bonds. The largest absolute Gasteiger partial charge is 0.478 e. The molecule has 2 heterocycles. The zero-order chi connectivity index (χ0) is 26.9. The second kappa shape index (κ2) is 13.0. The maximum Gasteiger partial charge on any atom is 0.341 e. The Hall–Kier alpha value is -4.00. The number of anilines is 3. The number of carbonyl (C=O) groups excluding carboxylic acids is 2. The average Bonchev–Trinajstić information content (AvgIpc) is 3.31. The van der Waals surface area contributed by atoms with Crippen LogP contribution in [0.15, 0.2) is 48.5 Å². The molecule has 1 saturated heterocycles. The van der Waals surface area contributed by atoms with Crippen molar-refractivity contribution in [2.24, 2.45) is 0 Å². The Labute approximate surface area is 224 Å². The van der Waals surface area contributed by atoms with Gasteiger partial charge < -0.3 is 25.8 Å². The molecule has 12 heteroatoms. The molecule has 11 nitrogen and oxygen atoms in total. The van der Waals surface area contributed by atoms with Gasteiger partial charge in [-0.3, -0.25) is 10.2 Å². The van der Waals surface area contributed by atoms with Crippen molar-refractivity contribution in [1.29, 1.82) is 0 Å². The summed E-state index contributed by atoms with van der Waals surface area (Å²) in [5, 5.41) is 20.9. The third-order valence-electron chi connectivity index (χ3n) is 5.94. The van der Waals surface area contributed by atoms with Crippen molar-refractivity contribution in [1.82, 2.24) is 14.6 Å². The Morgan fingerprint density at radius 2 is 1.74 bits per heavy atom. The number of morpholine rings is 1. The molecule has 38 heavy (non-hydrogen) atoms. The Bertz CT molecular complexity index is 1280. The minimum atomic E-state index is -1.19. The summed E-state index contributed by atoms with van der Waals surface area (Å²) in [6.45, 7) is 6.33. The Kier molecular flexibility index (Phi) is 9.25. The number of hydrogen-bond acceptors (Lipinski definition) is 7. The van der Waals surface area contributed by atoms with Crippen molar-refractivity contribution in [2.75, 3.05) is 55.3 Å². The molecule has 0 radical (unpaired) electrons. The molecule has 200 valence electrons. The molecule has 0 atom stereocenters. The van der Waals surface area contributed by atoms with E-state index < -0.39 is 18.0 Å². The first-order valence-electron chi connectivity index (χ1n) is 12.2. The molecule has 1 aliphatic rings. The van der Waals surface area contributed by atoms with Gasteiger partial charge in [0, 0.05) is 36.6 Å². The van der Waals surface area contributed by atoms with Gasteiger partial charge in [0.1, 0.15) is 16.3 Å². The highest BCUT2D eigenvalue weighted by Crippen LogP contribution is 2.35. The van der Waals surface area contributed by atoms with Gasteiger partial charge in [-0.05, 0) is 61.3 Å². The summed E-state index contributed by atoms with van der Waals surface area (Å²) in [4.78, 5) is 39.1. The number of urea groups is 2. The number of para-hydroxylation sites is 1. The molecule has 1 aromatic heterocycles. The van der Waals surface area contributed by atoms with Gasteiger partial charge in [0.25, 0.3) is 0 Å². The molecular formula is C26H30N6O5S. The minimum absolute atomic E-state index is 0.0795. The molecule has 0 bridgehead atoms. The number of aromatic carboxylic acids is 1. The lowest BCUT2D eigenvalue weighted by Gasteiger charge is -2.26. The van der Waals surface area contributed by atoms with Crippen molar-refractivity contribution in [3.05, 3.63) is 59.7 Å². The Morgan fingerprint density at radius 3 is 2.45 bits per heavy atom. The summed E-state index contributed by atoms with van der Waals surface area (Å²) in [7, 11) is 0. The molecule has 0 saturated carbocycles. The maximum absolute atomic E-state index is 12.4. The highest BCUT2D eigenvalue weighted by molar-refractivity contribution is 7.11. The predicted octanol–water partition coefficient (Wildman–Crippen LogP) is 4.30. The van der Waals surface area contributed by atoms with Crippen molar-refractivity contribution < 1.29 is 24.2 Å². The summed E-state index contributed by atoms with van der Waals surface area (Å²) in [6, 6.07) is 13.3. The molecule has 1 aliphatic heterocycles. The van der Waals surface area contributed by atoms with Crippen LogP contribution in [0, 0.1) is 6.92 Å². The molecule has 1 fully saturated rings. The Morgan fingerprint density at radius 1 is 1.00 bits per heavy atom. The van der Waals surface area contributed by atoms with Gasteiger partial charge in [-0.2, -0.15) is 4.37 Å². The van der Waals surface area contributed by atoms with E-state index in [1.165, 1.54) is 0 Å². The van der Waals surface area contributed by atoms with Gasteiger partial charge >= 0.3 is 18.0 Å². The van der Waals surface area contributed by atoms with Gasteiger partial charge in [0.2, 0.25) is 0 Å². The van der Waals surface area contributed by atoms with Crippen LogP contribution in [0.1, 0.15) is 22.3 Å². The van der Waals surface area contributed by atoms with Crippen LogP contribution in [0.3, 0.4) is 0 Å².